The molecule has 2 aromatic carbocycles. The molecule has 0 saturated heterocycles. The van der Waals surface area contributed by atoms with Crippen LogP contribution in [0.5, 0.6) is 0 Å². The lowest BCUT2D eigenvalue weighted by Gasteiger charge is -2.09. The number of hydrogen-bond acceptors (Lipinski definition) is 3. The van der Waals surface area contributed by atoms with Crippen LogP contribution in [0.2, 0.25) is 0 Å². The van der Waals surface area contributed by atoms with Crippen LogP contribution >= 0.6 is 0 Å². The van der Waals surface area contributed by atoms with Gasteiger partial charge in [-0.25, -0.2) is 18.3 Å². The second kappa shape index (κ2) is 6.53. The molecule has 0 radical (unpaired) electrons. The Balaban J connectivity index is 1.82. The Kier molecular flexibility index (Phi) is 4.04. The second-order valence-corrected chi connectivity index (χ2v) is 5.77. The fourth-order valence-electron chi connectivity index (χ4n) is 2.85. The van der Waals surface area contributed by atoms with Crippen LogP contribution in [0.25, 0.3) is 28.3 Å². The van der Waals surface area contributed by atoms with Gasteiger partial charge in [-0.3, -0.25) is 0 Å². The third-order valence-electron chi connectivity index (χ3n) is 4.11. The lowest BCUT2D eigenvalue weighted by Crippen LogP contribution is -2.03. The number of halogens is 2. The number of furan rings is 1. The van der Waals surface area contributed by atoms with Gasteiger partial charge in [0, 0.05) is 11.6 Å². The number of carboxylic acid groups (broad SMARTS) is 1. The molecule has 4 rings (SSSR count). The number of rotatable bonds is 4. The van der Waals surface area contributed by atoms with Crippen molar-refractivity contribution < 1.29 is 23.1 Å². The van der Waals surface area contributed by atoms with E-state index in [-0.39, 0.29) is 11.3 Å². The van der Waals surface area contributed by atoms with Crippen LogP contribution in [-0.4, -0.2) is 20.9 Å². The zero-order valence-corrected chi connectivity index (χ0v) is 13.8. The first-order valence-electron chi connectivity index (χ1n) is 7.95. The minimum Gasteiger partial charge on any atom is -0.478 e. The molecule has 0 fully saturated rings. The highest BCUT2D eigenvalue weighted by Gasteiger charge is 2.22. The third-order valence-corrected chi connectivity index (χ3v) is 4.11. The van der Waals surface area contributed by atoms with Crippen LogP contribution in [0.4, 0.5) is 8.78 Å². The molecular formula is C20H12F2N2O3. The van der Waals surface area contributed by atoms with Crippen molar-refractivity contribution in [2.75, 3.05) is 0 Å². The predicted molar refractivity (Wildman–Crippen MR) is 93.6 cm³/mol. The van der Waals surface area contributed by atoms with Crippen LogP contribution in [0.1, 0.15) is 10.4 Å². The molecule has 0 aliphatic carbocycles. The first kappa shape index (κ1) is 16.7. The van der Waals surface area contributed by atoms with E-state index in [1.54, 1.807) is 18.2 Å². The molecular weight excluding hydrogens is 354 g/mol. The molecule has 2 aromatic heterocycles. The summed E-state index contributed by atoms with van der Waals surface area (Å²) in [6.45, 7) is 0. The number of aromatic nitrogens is 2. The molecule has 134 valence electrons. The SMILES string of the molecule is O=C(O)c1cnn(-c2ccc(-c3ccc(F)cc3)c(F)c2)c1-c1ccco1. The summed E-state index contributed by atoms with van der Waals surface area (Å²) in [6.07, 6.45) is 2.60. The molecule has 0 bridgehead atoms. The standard InChI is InChI=1S/C20H12F2N2O3/c21-13-5-3-12(4-6-13)15-8-7-14(10-17(15)22)24-19(18-2-1-9-27-18)16(11-23-24)20(25)26/h1-11H,(H,25,26). The van der Waals surface area contributed by atoms with Crippen molar-refractivity contribution in [3.05, 3.63) is 84.3 Å². The van der Waals surface area contributed by atoms with Gasteiger partial charge in [0.25, 0.3) is 0 Å². The van der Waals surface area contributed by atoms with Gasteiger partial charge in [-0.1, -0.05) is 12.1 Å². The number of carbonyl (C=O) groups is 1. The number of aromatic carboxylic acids is 1. The molecule has 4 aromatic rings. The van der Waals surface area contributed by atoms with Gasteiger partial charge >= 0.3 is 5.97 Å². The number of nitrogens with zero attached hydrogens (tertiary/aromatic N) is 2. The largest absolute Gasteiger partial charge is 0.478 e. The average Bonchev–Trinajstić information content (AvgIpc) is 3.32. The van der Waals surface area contributed by atoms with E-state index >= 15 is 0 Å². The van der Waals surface area contributed by atoms with E-state index in [9.17, 15) is 18.7 Å². The monoisotopic (exact) mass is 366 g/mol. The molecule has 0 atom stereocenters. The fourth-order valence-corrected chi connectivity index (χ4v) is 2.85. The zero-order chi connectivity index (χ0) is 19.0. The average molecular weight is 366 g/mol. The van der Waals surface area contributed by atoms with E-state index < -0.39 is 17.6 Å². The summed E-state index contributed by atoms with van der Waals surface area (Å²) in [5, 5.41) is 13.5. The molecule has 0 spiro atoms. The highest BCUT2D eigenvalue weighted by molar-refractivity contribution is 5.94. The lowest BCUT2D eigenvalue weighted by atomic mass is 10.0. The van der Waals surface area contributed by atoms with Gasteiger partial charge in [-0.15, -0.1) is 0 Å². The number of carboxylic acids is 1. The first-order chi connectivity index (χ1) is 13.0. The van der Waals surface area contributed by atoms with Crippen molar-refractivity contribution in [1.29, 1.82) is 0 Å². The summed E-state index contributed by atoms with van der Waals surface area (Å²) in [6, 6.07) is 13.1. The van der Waals surface area contributed by atoms with Gasteiger partial charge < -0.3 is 9.52 Å². The molecule has 0 unspecified atom stereocenters. The molecule has 7 heteroatoms. The zero-order valence-electron chi connectivity index (χ0n) is 13.8. The van der Waals surface area contributed by atoms with E-state index in [1.807, 2.05) is 0 Å². The quantitative estimate of drug-likeness (QED) is 0.565. The Hall–Kier alpha value is -3.74. The summed E-state index contributed by atoms with van der Waals surface area (Å²) in [7, 11) is 0. The Morgan fingerprint density at radius 3 is 2.48 bits per heavy atom. The van der Waals surface area contributed by atoms with Gasteiger partial charge in [0.15, 0.2) is 5.76 Å². The van der Waals surface area contributed by atoms with Gasteiger partial charge in [0.05, 0.1) is 18.1 Å². The maximum atomic E-state index is 14.7. The van der Waals surface area contributed by atoms with Gasteiger partial charge in [-0.2, -0.15) is 5.10 Å². The Morgan fingerprint density at radius 2 is 1.85 bits per heavy atom. The third kappa shape index (κ3) is 2.99. The van der Waals surface area contributed by atoms with Crippen molar-refractivity contribution in [1.82, 2.24) is 9.78 Å². The van der Waals surface area contributed by atoms with Gasteiger partial charge in [0.2, 0.25) is 0 Å². The number of benzene rings is 2. The summed E-state index contributed by atoms with van der Waals surface area (Å²) in [5.41, 5.74) is 1.30. The summed E-state index contributed by atoms with van der Waals surface area (Å²) in [4.78, 5) is 11.5. The molecule has 5 nitrogen and oxygen atoms in total. The molecule has 0 amide bonds. The summed E-state index contributed by atoms with van der Waals surface area (Å²) in [5.74, 6) is -1.82. The Morgan fingerprint density at radius 1 is 1.07 bits per heavy atom. The van der Waals surface area contributed by atoms with Crippen LogP contribution in [0.15, 0.2) is 71.5 Å². The van der Waals surface area contributed by atoms with Crippen molar-refractivity contribution >= 4 is 5.97 Å². The molecule has 0 aliphatic heterocycles. The molecule has 0 saturated carbocycles. The summed E-state index contributed by atoms with van der Waals surface area (Å²) < 4.78 is 34.4. The maximum Gasteiger partial charge on any atom is 0.339 e. The second-order valence-electron chi connectivity index (χ2n) is 5.77. The molecule has 27 heavy (non-hydrogen) atoms. The number of hydrogen-bond donors (Lipinski definition) is 1. The van der Waals surface area contributed by atoms with Crippen molar-refractivity contribution in [3.63, 3.8) is 0 Å². The van der Waals surface area contributed by atoms with E-state index in [4.69, 9.17) is 4.42 Å². The van der Waals surface area contributed by atoms with E-state index in [0.717, 1.165) is 0 Å². The Bertz CT molecular complexity index is 1120. The highest BCUT2D eigenvalue weighted by Crippen LogP contribution is 2.30. The topological polar surface area (TPSA) is 68.3 Å². The lowest BCUT2D eigenvalue weighted by molar-refractivity contribution is 0.0697. The van der Waals surface area contributed by atoms with E-state index in [2.05, 4.69) is 5.10 Å². The van der Waals surface area contributed by atoms with Crippen molar-refractivity contribution in [3.8, 4) is 28.3 Å². The predicted octanol–water partition coefficient (Wildman–Crippen LogP) is 4.78. The van der Waals surface area contributed by atoms with Gasteiger partial charge in [-0.05, 0) is 42.0 Å². The minimum absolute atomic E-state index is 0.0621. The van der Waals surface area contributed by atoms with Gasteiger partial charge in [0.1, 0.15) is 22.9 Å². The molecule has 2 heterocycles. The molecule has 1 N–H and O–H groups in total. The van der Waals surface area contributed by atoms with Crippen LogP contribution in [0, 0.1) is 11.6 Å². The van der Waals surface area contributed by atoms with E-state index in [0.29, 0.717) is 22.6 Å². The van der Waals surface area contributed by atoms with E-state index in [1.165, 1.54) is 53.5 Å². The fraction of sp³-hybridized carbons (Fsp3) is 0. The molecule has 0 aliphatic rings. The first-order valence-corrected chi connectivity index (χ1v) is 7.95. The van der Waals surface area contributed by atoms with Crippen LogP contribution in [0.3, 0.4) is 0 Å². The Labute approximate surface area is 152 Å². The summed E-state index contributed by atoms with van der Waals surface area (Å²) >= 11 is 0. The maximum absolute atomic E-state index is 14.7. The van der Waals surface area contributed by atoms with Crippen molar-refractivity contribution in [2.24, 2.45) is 0 Å². The smallest absolute Gasteiger partial charge is 0.339 e. The van der Waals surface area contributed by atoms with Crippen molar-refractivity contribution in [2.45, 2.75) is 0 Å². The highest BCUT2D eigenvalue weighted by atomic mass is 19.1. The minimum atomic E-state index is -1.17. The van der Waals surface area contributed by atoms with Crippen LogP contribution < -0.4 is 0 Å². The normalized spacial score (nSPS) is 10.9. The van der Waals surface area contributed by atoms with Crippen LogP contribution in [-0.2, 0) is 0 Å².